The molecule has 5 nitrogen and oxygen atoms in total. The molecule has 2 heterocycles. The number of aryl methyl sites for hydroxylation is 1. The highest BCUT2D eigenvalue weighted by molar-refractivity contribution is 7.18. The van der Waals surface area contributed by atoms with Crippen molar-refractivity contribution in [2.75, 3.05) is 5.73 Å². The fourth-order valence-corrected chi connectivity index (χ4v) is 2.47. The lowest BCUT2D eigenvalue weighted by Crippen LogP contribution is -1.95. The fourth-order valence-electron chi connectivity index (χ4n) is 1.65. The van der Waals surface area contributed by atoms with E-state index in [0.29, 0.717) is 11.2 Å². The van der Waals surface area contributed by atoms with Gasteiger partial charge in [-0.25, -0.2) is 4.98 Å². The van der Waals surface area contributed by atoms with E-state index < -0.39 is 0 Å². The number of nitrogens with zero attached hydrogens (tertiary/aromatic N) is 4. The minimum atomic E-state index is 0.581. The number of thiazole rings is 1. The minimum Gasteiger partial charge on any atom is -0.375 e. The van der Waals surface area contributed by atoms with Gasteiger partial charge < -0.3 is 10.3 Å². The smallest absolute Gasteiger partial charge is 0.180 e. The molecule has 2 aromatic rings. The molecule has 0 aliphatic heterocycles. The maximum atomic E-state index is 5.68. The van der Waals surface area contributed by atoms with Crippen LogP contribution in [0.1, 0.15) is 24.6 Å². The average Bonchev–Trinajstić information content (AvgIpc) is 2.83. The molecule has 2 N–H and O–H groups in total. The lowest BCUT2D eigenvalue weighted by Gasteiger charge is -2.01. The third-order valence-corrected chi connectivity index (χ3v) is 3.51. The second-order valence-corrected chi connectivity index (χ2v) is 4.79. The summed E-state index contributed by atoms with van der Waals surface area (Å²) in [6.45, 7) is 1.95. The Balaban J connectivity index is 2.11. The van der Waals surface area contributed by atoms with Crippen LogP contribution in [0.15, 0.2) is 6.33 Å². The molecule has 0 saturated heterocycles. The van der Waals surface area contributed by atoms with E-state index in [2.05, 4.69) is 19.7 Å². The van der Waals surface area contributed by atoms with Crippen LogP contribution in [0.5, 0.6) is 0 Å². The van der Waals surface area contributed by atoms with Gasteiger partial charge in [0.2, 0.25) is 0 Å². The van der Waals surface area contributed by atoms with Crippen LogP contribution < -0.4 is 5.73 Å². The largest absolute Gasteiger partial charge is 0.375 e. The van der Waals surface area contributed by atoms with Crippen molar-refractivity contribution in [3.63, 3.8) is 0 Å². The maximum absolute atomic E-state index is 5.68. The summed E-state index contributed by atoms with van der Waals surface area (Å²) in [6.07, 6.45) is 4.24. The van der Waals surface area contributed by atoms with Crippen molar-refractivity contribution in [2.45, 2.75) is 25.8 Å². The van der Waals surface area contributed by atoms with E-state index >= 15 is 0 Å². The van der Waals surface area contributed by atoms with Crippen molar-refractivity contribution in [3.8, 4) is 10.7 Å². The van der Waals surface area contributed by atoms with Gasteiger partial charge in [-0.2, -0.15) is 0 Å². The van der Waals surface area contributed by atoms with Gasteiger partial charge in [0, 0.05) is 6.04 Å². The van der Waals surface area contributed by atoms with E-state index in [1.165, 1.54) is 24.2 Å². The number of nitrogens with two attached hydrogens (primary N) is 1. The summed E-state index contributed by atoms with van der Waals surface area (Å²) in [5.41, 5.74) is 6.61. The molecule has 78 valence electrons. The first-order valence-corrected chi connectivity index (χ1v) is 5.70. The van der Waals surface area contributed by atoms with Gasteiger partial charge in [0.1, 0.15) is 6.33 Å². The molecule has 0 aromatic carbocycles. The molecule has 3 rings (SSSR count). The third kappa shape index (κ3) is 1.41. The summed E-state index contributed by atoms with van der Waals surface area (Å²) in [6, 6.07) is 0.581. The van der Waals surface area contributed by atoms with Gasteiger partial charge >= 0.3 is 0 Å². The molecular weight excluding hydrogens is 210 g/mol. The van der Waals surface area contributed by atoms with Crippen LogP contribution in [0.2, 0.25) is 0 Å². The lowest BCUT2D eigenvalue weighted by atomic mass is 10.4. The number of aromatic nitrogens is 4. The molecule has 0 spiro atoms. The van der Waals surface area contributed by atoms with E-state index in [1.807, 2.05) is 6.92 Å². The highest BCUT2D eigenvalue weighted by Crippen LogP contribution is 2.39. The Bertz CT molecular complexity index is 496. The second-order valence-electron chi connectivity index (χ2n) is 3.76. The molecule has 2 aromatic heterocycles. The maximum Gasteiger partial charge on any atom is 0.180 e. The predicted octanol–water partition coefficient (Wildman–Crippen LogP) is 1.63. The fraction of sp³-hybridized carbons (Fsp3) is 0.444. The summed E-state index contributed by atoms with van der Waals surface area (Å²) in [5.74, 6) is 0.907. The Morgan fingerprint density at radius 3 is 2.93 bits per heavy atom. The van der Waals surface area contributed by atoms with E-state index in [9.17, 15) is 0 Å². The molecule has 0 radical (unpaired) electrons. The molecule has 6 heteroatoms. The number of nitrogen functional groups attached to an aromatic ring is 1. The first-order valence-electron chi connectivity index (χ1n) is 4.88. The van der Waals surface area contributed by atoms with Crippen molar-refractivity contribution in [1.82, 2.24) is 19.7 Å². The van der Waals surface area contributed by atoms with Gasteiger partial charge in [-0.3, -0.25) is 0 Å². The minimum absolute atomic E-state index is 0.581. The first kappa shape index (κ1) is 8.84. The SMILES string of the molecule is Cc1nc(N)sc1-c1nncn1C1CC1. The Kier molecular flexibility index (Phi) is 1.79. The topological polar surface area (TPSA) is 69.6 Å². The van der Waals surface area contributed by atoms with Gasteiger partial charge in [-0.15, -0.1) is 10.2 Å². The summed E-state index contributed by atoms with van der Waals surface area (Å²) in [4.78, 5) is 5.24. The zero-order chi connectivity index (χ0) is 10.4. The van der Waals surface area contributed by atoms with Gasteiger partial charge in [-0.1, -0.05) is 11.3 Å². The van der Waals surface area contributed by atoms with E-state index in [4.69, 9.17) is 5.73 Å². The van der Waals surface area contributed by atoms with E-state index in [-0.39, 0.29) is 0 Å². The number of hydrogen-bond acceptors (Lipinski definition) is 5. The molecule has 0 bridgehead atoms. The molecule has 1 fully saturated rings. The van der Waals surface area contributed by atoms with Crippen LogP contribution in [0, 0.1) is 6.92 Å². The van der Waals surface area contributed by atoms with Crippen LogP contribution in [0.25, 0.3) is 10.7 Å². The van der Waals surface area contributed by atoms with Crippen LogP contribution in [0.3, 0.4) is 0 Å². The third-order valence-electron chi connectivity index (χ3n) is 2.53. The van der Waals surface area contributed by atoms with Crippen LogP contribution in [-0.4, -0.2) is 19.7 Å². The summed E-state index contributed by atoms with van der Waals surface area (Å²) in [5, 5.41) is 8.70. The molecule has 0 atom stereocenters. The Morgan fingerprint density at radius 1 is 1.53 bits per heavy atom. The molecule has 15 heavy (non-hydrogen) atoms. The predicted molar refractivity (Wildman–Crippen MR) is 58.6 cm³/mol. The number of rotatable bonds is 2. The molecule has 0 unspecified atom stereocenters. The van der Waals surface area contributed by atoms with Crippen molar-refractivity contribution in [1.29, 1.82) is 0 Å². The van der Waals surface area contributed by atoms with E-state index in [0.717, 1.165) is 16.4 Å². The number of anilines is 1. The van der Waals surface area contributed by atoms with E-state index in [1.54, 1.807) is 6.33 Å². The molecular formula is C9H11N5S. The second kappa shape index (κ2) is 3.03. The van der Waals surface area contributed by atoms with Gasteiger partial charge in [0.25, 0.3) is 0 Å². The standard InChI is InChI=1S/C9H11N5S/c1-5-7(15-9(10)12-5)8-13-11-4-14(8)6-2-3-6/h4,6H,2-3H2,1H3,(H2,10,12). The quantitative estimate of drug-likeness (QED) is 0.836. The number of hydrogen-bond donors (Lipinski definition) is 1. The van der Waals surface area contributed by atoms with Crippen LogP contribution >= 0.6 is 11.3 Å². The highest BCUT2D eigenvalue weighted by Gasteiger charge is 2.27. The summed E-state index contributed by atoms with van der Waals surface area (Å²) < 4.78 is 2.12. The molecule has 1 aliphatic rings. The van der Waals surface area contributed by atoms with Crippen LogP contribution in [-0.2, 0) is 0 Å². The van der Waals surface area contributed by atoms with Gasteiger partial charge in [0.15, 0.2) is 11.0 Å². The van der Waals surface area contributed by atoms with Crippen molar-refractivity contribution in [3.05, 3.63) is 12.0 Å². The van der Waals surface area contributed by atoms with Gasteiger partial charge in [-0.05, 0) is 19.8 Å². The zero-order valence-electron chi connectivity index (χ0n) is 8.34. The molecule has 1 aliphatic carbocycles. The summed E-state index contributed by atoms with van der Waals surface area (Å²) in [7, 11) is 0. The highest BCUT2D eigenvalue weighted by atomic mass is 32.1. The lowest BCUT2D eigenvalue weighted by molar-refractivity contribution is 0.746. The van der Waals surface area contributed by atoms with Gasteiger partial charge in [0.05, 0.1) is 10.6 Å². The monoisotopic (exact) mass is 221 g/mol. The van der Waals surface area contributed by atoms with Crippen molar-refractivity contribution in [2.24, 2.45) is 0 Å². The summed E-state index contributed by atoms with van der Waals surface area (Å²) >= 11 is 1.47. The van der Waals surface area contributed by atoms with Crippen molar-refractivity contribution >= 4 is 16.5 Å². The van der Waals surface area contributed by atoms with Crippen LogP contribution in [0.4, 0.5) is 5.13 Å². The first-order chi connectivity index (χ1) is 7.25. The van der Waals surface area contributed by atoms with Crippen molar-refractivity contribution < 1.29 is 0 Å². The molecule has 0 amide bonds. The normalized spacial score (nSPS) is 15.8. The molecule has 1 saturated carbocycles. The Morgan fingerprint density at radius 2 is 2.33 bits per heavy atom. The Hall–Kier alpha value is -1.43. The Labute approximate surface area is 91.0 Å². The average molecular weight is 221 g/mol. The zero-order valence-corrected chi connectivity index (χ0v) is 9.16.